The van der Waals surface area contributed by atoms with Gasteiger partial charge in [0.05, 0.1) is 16.7 Å². The second-order valence-electron chi connectivity index (χ2n) is 4.04. The van der Waals surface area contributed by atoms with Gasteiger partial charge in [0.15, 0.2) is 5.17 Å². The number of carbonyl (C=O) groups is 1. The number of rotatable bonds is 1. The van der Waals surface area contributed by atoms with Crippen molar-refractivity contribution in [3.8, 4) is 0 Å². The smallest absolute Gasteiger partial charge is 0.282 e. The lowest BCUT2D eigenvalue weighted by Crippen LogP contribution is -2.26. The number of aryl methyl sites for hydroxylation is 1. The number of aromatic nitrogens is 2. The Balaban J connectivity index is 2.19. The molecule has 1 aromatic carbocycles. The van der Waals surface area contributed by atoms with E-state index in [1.807, 2.05) is 6.07 Å². The van der Waals surface area contributed by atoms with E-state index in [4.69, 9.17) is 0 Å². The monoisotopic (exact) mass is 274 g/mol. The summed E-state index contributed by atoms with van der Waals surface area (Å²) in [7, 11) is 0. The molecule has 0 aliphatic carbocycles. The predicted molar refractivity (Wildman–Crippen MR) is 74.2 cm³/mol. The molecular formula is C12H10N4O2S. The van der Waals surface area contributed by atoms with Gasteiger partial charge in [-0.25, -0.2) is 4.98 Å². The van der Waals surface area contributed by atoms with Crippen molar-refractivity contribution < 1.29 is 4.79 Å². The summed E-state index contributed by atoms with van der Waals surface area (Å²) in [6.45, 7) is 1.71. The number of amidine groups is 1. The zero-order chi connectivity index (χ0) is 13.4. The van der Waals surface area contributed by atoms with Crippen molar-refractivity contribution >= 4 is 33.7 Å². The van der Waals surface area contributed by atoms with Crippen LogP contribution in [0.4, 0.5) is 0 Å². The molecule has 6 nitrogen and oxygen atoms in total. The fourth-order valence-electron chi connectivity index (χ4n) is 1.82. The molecule has 1 N–H and O–H groups in total. The summed E-state index contributed by atoms with van der Waals surface area (Å²) in [4.78, 5) is 27.8. The molecule has 3 rings (SSSR count). The predicted octanol–water partition coefficient (Wildman–Crippen LogP) is 0.687. The van der Waals surface area contributed by atoms with E-state index in [0.717, 1.165) is 0 Å². The summed E-state index contributed by atoms with van der Waals surface area (Å²) in [6, 6.07) is 7.11. The van der Waals surface area contributed by atoms with Crippen molar-refractivity contribution in [1.29, 1.82) is 0 Å². The van der Waals surface area contributed by atoms with Gasteiger partial charge < -0.3 is 5.32 Å². The van der Waals surface area contributed by atoms with Gasteiger partial charge >= 0.3 is 0 Å². The summed E-state index contributed by atoms with van der Waals surface area (Å²) in [6.07, 6.45) is 0. The van der Waals surface area contributed by atoms with Gasteiger partial charge in [-0.3, -0.25) is 9.59 Å². The van der Waals surface area contributed by atoms with Crippen LogP contribution in [0.1, 0.15) is 5.82 Å². The number of nitrogens with one attached hydrogen (secondary N) is 1. The van der Waals surface area contributed by atoms with Crippen LogP contribution >= 0.6 is 11.8 Å². The number of hydrogen-bond acceptors (Lipinski definition) is 5. The van der Waals surface area contributed by atoms with E-state index in [-0.39, 0.29) is 11.5 Å². The molecule has 1 aromatic heterocycles. The lowest BCUT2D eigenvalue weighted by Gasteiger charge is -2.05. The van der Waals surface area contributed by atoms with E-state index in [1.54, 1.807) is 25.1 Å². The lowest BCUT2D eigenvalue weighted by atomic mass is 10.2. The maximum atomic E-state index is 12.3. The van der Waals surface area contributed by atoms with Crippen LogP contribution in [0.3, 0.4) is 0 Å². The normalized spacial score (nSPS) is 17.1. The summed E-state index contributed by atoms with van der Waals surface area (Å²) >= 11 is 1.27. The Kier molecular flexibility index (Phi) is 2.83. The SMILES string of the molecule is Cc1nc2ccccc2c(=O)n1/N=C1/NC(=O)CS1. The van der Waals surface area contributed by atoms with Crippen molar-refractivity contribution in [1.82, 2.24) is 15.0 Å². The zero-order valence-corrected chi connectivity index (χ0v) is 10.9. The van der Waals surface area contributed by atoms with Gasteiger partial charge in [-0.15, -0.1) is 5.10 Å². The Morgan fingerprint density at radius 2 is 2.16 bits per heavy atom. The van der Waals surface area contributed by atoms with Gasteiger partial charge in [0.1, 0.15) is 5.82 Å². The topological polar surface area (TPSA) is 76.3 Å². The molecule has 0 bridgehead atoms. The number of amides is 1. The van der Waals surface area contributed by atoms with Crippen LogP contribution in [0.15, 0.2) is 34.2 Å². The molecule has 1 aliphatic heterocycles. The maximum Gasteiger partial charge on any atom is 0.282 e. The minimum atomic E-state index is -0.239. The number of hydrogen-bond donors (Lipinski definition) is 1. The first kappa shape index (κ1) is 11.9. The molecule has 96 valence electrons. The first-order valence-electron chi connectivity index (χ1n) is 5.65. The van der Waals surface area contributed by atoms with Crippen LogP contribution in [0.2, 0.25) is 0 Å². The molecule has 0 saturated carbocycles. The number of benzene rings is 1. The summed E-state index contributed by atoms with van der Waals surface area (Å²) in [5.74, 6) is 0.703. The van der Waals surface area contributed by atoms with Crippen LogP contribution in [0.5, 0.6) is 0 Å². The number of fused-ring (bicyclic) bond motifs is 1. The summed E-state index contributed by atoms with van der Waals surface area (Å²) in [5.41, 5.74) is 0.405. The van der Waals surface area contributed by atoms with E-state index in [9.17, 15) is 9.59 Å². The molecule has 1 fully saturated rings. The molecular weight excluding hydrogens is 264 g/mol. The number of nitrogens with zero attached hydrogens (tertiary/aromatic N) is 3. The molecule has 2 heterocycles. The number of para-hydroxylation sites is 1. The van der Waals surface area contributed by atoms with Crippen LogP contribution in [0.25, 0.3) is 10.9 Å². The Morgan fingerprint density at radius 1 is 1.37 bits per heavy atom. The average Bonchev–Trinajstić information content (AvgIpc) is 2.80. The lowest BCUT2D eigenvalue weighted by molar-refractivity contribution is -0.116. The highest BCUT2D eigenvalue weighted by atomic mass is 32.2. The molecule has 0 spiro atoms. The van der Waals surface area contributed by atoms with E-state index in [0.29, 0.717) is 27.6 Å². The van der Waals surface area contributed by atoms with E-state index in [1.165, 1.54) is 16.4 Å². The van der Waals surface area contributed by atoms with Crippen molar-refractivity contribution in [2.24, 2.45) is 5.10 Å². The highest BCUT2D eigenvalue weighted by Gasteiger charge is 2.17. The van der Waals surface area contributed by atoms with Crippen LogP contribution in [0, 0.1) is 6.92 Å². The summed E-state index contributed by atoms with van der Waals surface area (Å²) in [5, 5.41) is 7.67. The average molecular weight is 274 g/mol. The van der Waals surface area contributed by atoms with Crippen molar-refractivity contribution in [2.45, 2.75) is 6.92 Å². The van der Waals surface area contributed by atoms with Crippen molar-refractivity contribution in [3.05, 3.63) is 40.4 Å². The first-order valence-corrected chi connectivity index (χ1v) is 6.64. The van der Waals surface area contributed by atoms with Crippen LogP contribution in [-0.4, -0.2) is 26.5 Å². The molecule has 0 atom stereocenters. The second-order valence-corrected chi connectivity index (χ2v) is 5.00. The van der Waals surface area contributed by atoms with Crippen LogP contribution < -0.4 is 10.9 Å². The Morgan fingerprint density at radius 3 is 2.89 bits per heavy atom. The van der Waals surface area contributed by atoms with Crippen LogP contribution in [-0.2, 0) is 4.79 Å². The zero-order valence-electron chi connectivity index (χ0n) is 10.1. The highest BCUT2D eigenvalue weighted by Crippen LogP contribution is 2.11. The fraction of sp³-hybridized carbons (Fsp3) is 0.167. The number of carbonyl (C=O) groups excluding carboxylic acids is 1. The quantitative estimate of drug-likeness (QED) is 0.830. The highest BCUT2D eigenvalue weighted by molar-refractivity contribution is 8.15. The van der Waals surface area contributed by atoms with Gasteiger partial charge in [0.25, 0.3) is 5.56 Å². The number of thioether (sulfide) groups is 1. The molecule has 7 heteroatoms. The van der Waals surface area contributed by atoms with Crippen molar-refractivity contribution in [2.75, 3.05) is 5.75 Å². The van der Waals surface area contributed by atoms with Gasteiger partial charge in [0, 0.05) is 0 Å². The maximum absolute atomic E-state index is 12.3. The molecule has 0 radical (unpaired) electrons. The van der Waals surface area contributed by atoms with Gasteiger partial charge in [0.2, 0.25) is 5.91 Å². The first-order chi connectivity index (χ1) is 9.15. The third-order valence-electron chi connectivity index (χ3n) is 2.69. The minimum Gasteiger partial charge on any atom is -0.303 e. The standard InChI is InChI=1S/C12H10N4O2S/c1-7-13-9-5-3-2-4-8(9)11(18)16(7)15-12-14-10(17)6-19-12/h2-5H,6H2,1H3,(H,14,15,17). The van der Waals surface area contributed by atoms with E-state index in [2.05, 4.69) is 15.4 Å². The third kappa shape index (κ3) is 2.12. The molecule has 1 aliphatic rings. The molecule has 1 saturated heterocycles. The fourth-order valence-corrected chi connectivity index (χ4v) is 2.49. The largest absolute Gasteiger partial charge is 0.303 e. The molecule has 0 unspecified atom stereocenters. The summed E-state index contributed by atoms with van der Waals surface area (Å²) < 4.78 is 1.22. The third-order valence-corrected chi connectivity index (χ3v) is 3.56. The van der Waals surface area contributed by atoms with Gasteiger partial charge in [-0.1, -0.05) is 23.9 Å². The molecule has 19 heavy (non-hydrogen) atoms. The Labute approximate surface area is 112 Å². The van der Waals surface area contributed by atoms with Crippen molar-refractivity contribution in [3.63, 3.8) is 0 Å². The molecule has 2 aromatic rings. The van der Waals surface area contributed by atoms with Gasteiger partial charge in [-0.2, -0.15) is 4.68 Å². The second kappa shape index (κ2) is 4.51. The Hall–Kier alpha value is -2.15. The Bertz CT molecular complexity index is 766. The van der Waals surface area contributed by atoms with E-state index >= 15 is 0 Å². The minimum absolute atomic E-state index is 0.108. The van der Waals surface area contributed by atoms with E-state index < -0.39 is 0 Å². The van der Waals surface area contributed by atoms with Gasteiger partial charge in [-0.05, 0) is 19.1 Å². The molecule has 1 amide bonds.